The van der Waals surface area contributed by atoms with Crippen LogP contribution in [0.3, 0.4) is 0 Å². The monoisotopic (exact) mass is 532 g/mol. The number of aromatic nitrogens is 1. The highest BCUT2D eigenvalue weighted by Crippen LogP contribution is 2.37. The summed E-state index contributed by atoms with van der Waals surface area (Å²) in [6, 6.07) is 21.1. The Hall–Kier alpha value is -3.07. The van der Waals surface area contributed by atoms with Crippen LogP contribution in [0.1, 0.15) is 27.9 Å². The molecule has 36 heavy (non-hydrogen) atoms. The molecular weight excluding hydrogens is 512 g/mol. The van der Waals surface area contributed by atoms with Gasteiger partial charge in [0.25, 0.3) is 0 Å². The first-order chi connectivity index (χ1) is 17.1. The van der Waals surface area contributed by atoms with E-state index >= 15 is 0 Å². The van der Waals surface area contributed by atoms with Gasteiger partial charge in [0, 0.05) is 12.6 Å². The number of nitrogens with zero attached hydrogens (tertiary/aromatic N) is 1. The van der Waals surface area contributed by atoms with Crippen LogP contribution in [-0.4, -0.2) is 9.19 Å². The summed E-state index contributed by atoms with van der Waals surface area (Å²) in [5.41, 5.74) is -0.0668. The molecule has 9 heteroatoms. The van der Waals surface area contributed by atoms with Crippen LogP contribution in [0, 0.1) is 12.7 Å². The Morgan fingerprint density at radius 3 is 2.28 bits per heavy atom. The van der Waals surface area contributed by atoms with E-state index in [4.69, 9.17) is 11.6 Å². The average molecular weight is 533 g/mol. The molecule has 0 bridgehead atoms. The molecule has 1 heterocycles. The lowest BCUT2D eigenvalue weighted by molar-refractivity contribution is -0.137. The second-order valence-corrected chi connectivity index (χ2v) is 9.93. The molecule has 1 N–H and O–H groups in total. The minimum absolute atomic E-state index is 0.131. The maximum Gasteiger partial charge on any atom is 0.416 e. The first kappa shape index (κ1) is 26.0. The Kier molecular flexibility index (Phi) is 7.59. The molecule has 3 aromatic carbocycles. The summed E-state index contributed by atoms with van der Waals surface area (Å²) in [5, 5.41) is -0.219. The zero-order chi connectivity index (χ0) is 25.9. The van der Waals surface area contributed by atoms with Crippen molar-refractivity contribution in [2.45, 2.75) is 30.0 Å². The van der Waals surface area contributed by atoms with Crippen LogP contribution in [0.25, 0.3) is 0 Å². The van der Waals surface area contributed by atoms with Gasteiger partial charge in [0.1, 0.15) is 22.3 Å². The molecule has 0 aliphatic carbocycles. The number of aryl methyl sites for hydroxylation is 1. The molecule has 186 valence electrons. The second-order valence-electron chi connectivity index (χ2n) is 8.31. The fourth-order valence-electron chi connectivity index (χ4n) is 3.88. The minimum Gasteiger partial charge on any atom is -0.259 e. The second kappa shape index (κ2) is 10.5. The predicted molar refractivity (Wildman–Crippen MR) is 132 cm³/mol. The zero-order valence-corrected chi connectivity index (χ0v) is 20.6. The number of hydrogen-bond donors (Lipinski definition) is 1. The van der Waals surface area contributed by atoms with Crippen molar-refractivity contribution in [2.24, 2.45) is 0 Å². The molecule has 0 aliphatic heterocycles. The fourth-order valence-corrected chi connectivity index (χ4v) is 5.27. The number of benzene rings is 3. The van der Waals surface area contributed by atoms with Gasteiger partial charge in [0.05, 0.1) is 21.2 Å². The Bertz CT molecular complexity index is 1380. The van der Waals surface area contributed by atoms with Crippen molar-refractivity contribution in [3.8, 4) is 0 Å². The minimum atomic E-state index is -4.58. The van der Waals surface area contributed by atoms with E-state index in [0.29, 0.717) is 5.69 Å². The Morgan fingerprint density at radius 1 is 0.917 bits per heavy atom. The lowest BCUT2D eigenvalue weighted by atomic mass is 9.81. The van der Waals surface area contributed by atoms with Gasteiger partial charge in [0.2, 0.25) is 0 Å². The summed E-state index contributed by atoms with van der Waals surface area (Å²) in [5.74, 6) is -0.675. The molecule has 0 radical (unpaired) electrons. The van der Waals surface area contributed by atoms with Crippen molar-refractivity contribution < 1.29 is 21.8 Å². The quantitative estimate of drug-likeness (QED) is 0.260. The number of nitrogens with one attached hydrogen (secondary N) is 1. The van der Waals surface area contributed by atoms with Crippen molar-refractivity contribution in [3.05, 3.63) is 130 Å². The summed E-state index contributed by atoms with van der Waals surface area (Å²) in [6.45, 7) is 1.84. The van der Waals surface area contributed by atoms with Gasteiger partial charge in [-0.1, -0.05) is 60.1 Å². The van der Waals surface area contributed by atoms with Gasteiger partial charge in [-0.3, -0.25) is 4.98 Å². The van der Waals surface area contributed by atoms with Gasteiger partial charge >= 0.3 is 6.18 Å². The Morgan fingerprint density at radius 2 is 1.64 bits per heavy atom. The molecule has 0 saturated carbocycles. The number of rotatable bonds is 7. The summed E-state index contributed by atoms with van der Waals surface area (Å²) in [7, 11) is -2.00. The first-order valence-corrected chi connectivity index (χ1v) is 12.4. The standard InChI is InChI=1S/C27H21ClF4N2OS/c1-18-10-13-25(33-17-18)26(16-19-6-3-2-4-7-19,20-8-5-9-21(14-20)27(30,31)32)34-36(35)22-11-12-24(29)23(28)15-22/h2-15,17,34H,16H2,1H3. The van der Waals surface area contributed by atoms with Gasteiger partial charge < -0.3 is 0 Å². The molecule has 4 rings (SSSR count). The number of hydrogen-bond acceptors (Lipinski definition) is 2. The van der Waals surface area contributed by atoms with Crippen molar-refractivity contribution in [2.75, 3.05) is 0 Å². The Labute approximate surface area is 213 Å². The molecule has 0 amide bonds. The third-order valence-electron chi connectivity index (χ3n) is 5.72. The third-order valence-corrected chi connectivity index (χ3v) is 7.22. The maximum atomic E-state index is 13.7. The first-order valence-electron chi connectivity index (χ1n) is 10.9. The van der Waals surface area contributed by atoms with Crippen LogP contribution in [0.5, 0.6) is 0 Å². The van der Waals surface area contributed by atoms with E-state index in [1.165, 1.54) is 18.2 Å². The Balaban J connectivity index is 1.94. The van der Waals surface area contributed by atoms with Gasteiger partial charge in [-0.15, -0.1) is 0 Å². The third kappa shape index (κ3) is 5.67. The van der Waals surface area contributed by atoms with Gasteiger partial charge in [-0.05, 0) is 60.0 Å². The summed E-state index contributed by atoms with van der Waals surface area (Å²) in [4.78, 5) is 4.69. The van der Waals surface area contributed by atoms with Crippen LogP contribution >= 0.6 is 11.6 Å². The van der Waals surface area contributed by atoms with E-state index in [9.17, 15) is 21.8 Å². The number of alkyl halides is 3. The SMILES string of the molecule is Cc1ccc(C(Cc2ccccc2)(NS(=O)c2ccc(F)c(Cl)c2)c2cccc(C(F)(F)F)c2)nc1. The van der Waals surface area contributed by atoms with Crippen molar-refractivity contribution in [1.82, 2.24) is 9.71 Å². The van der Waals surface area contributed by atoms with Crippen molar-refractivity contribution >= 4 is 22.6 Å². The molecule has 0 saturated heterocycles. The molecule has 0 aliphatic rings. The number of pyridine rings is 1. The van der Waals surface area contributed by atoms with E-state index < -0.39 is 34.1 Å². The molecule has 0 spiro atoms. The van der Waals surface area contributed by atoms with E-state index in [2.05, 4.69) is 9.71 Å². The highest BCUT2D eigenvalue weighted by Gasteiger charge is 2.40. The topological polar surface area (TPSA) is 42.0 Å². The van der Waals surface area contributed by atoms with E-state index in [1.54, 1.807) is 24.4 Å². The summed E-state index contributed by atoms with van der Waals surface area (Å²) >= 11 is 5.91. The number of halogens is 5. The zero-order valence-electron chi connectivity index (χ0n) is 19.0. The van der Waals surface area contributed by atoms with E-state index in [1.807, 2.05) is 37.3 Å². The summed E-state index contributed by atoms with van der Waals surface area (Å²) < 4.78 is 71.5. The van der Waals surface area contributed by atoms with E-state index in [-0.39, 0.29) is 21.9 Å². The largest absolute Gasteiger partial charge is 0.416 e. The maximum absolute atomic E-state index is 13.7. The van der Waals surface area contributed by atoms with Crippen LogP contribution in [0.2, 0.25) is 5.02 Å². The molecular formula is C27H21ClF4N2OS. The highest BCUT2D eigenvalue weighted by molar-refractivity contribution is 7.83. The molecule has 4 aromatic rings. The normalized spacial score (nSPS) is 14.3. The average Bonchev–Trinajstić information content (AvgIpc) is 2.86. The molecule has 0 fully saturated rings. The predicted octanol–water partition coefficient (Wildman–Crippen LogP) is 7.00. The van der Waals surface area contributed by atoms with Gasteiger partial charge in [-0.25, -0.2) is 13.3 Å². The van der Waals surface area contributed by atoms with Crippen LogP contribution in [0.15, 0.2) is 96.0 Å². The smallest absolute Gasteiger partial charge is 0.259 e. The molecule has 3 nitrogen and oxygen atoms in total. The van der Waals surface area contributed by atoms with Crippen molar-refractivity contribution in [1.29, 1.82) is 0 Å². The highest BCUT2D eigenvalue weighted by atomic mass is 35.5. The van der Waals surface area contributed by atoms with Gasteiger partial charge in [-0.2, -0.15) is 13.2 Å². The lowest BCUT2D eigenvalue weighted by Crippen LogP contribution is -2.47. The fraction of sp³-hybridized carbons (Fsp3) is 0.148. The van der Waals surface area contributed by atoms with Crippen LogP contribution in [0.4, 0.5) is 17.6 Å². The van der Waals surface area contributed by atoms with Crippen LogP contribution < -0.4 is 4.72 Å². The van der Waals surface area contributed by atoms with Crippen LogP contribution in [-0.2, 0) is 29.1 Å². The molecule has 1 aromatic heterocycles. The van der Waals surface area contributed by atoms with E-state index in [0.717, 1.165) is 29.3 Å². The molecule has 2 atom stereocenters. The molecule has 2 unspecified atom stereocenters. The van der Waals surface area contributed by atoms with Gasteiger partial charge in [0.15, 0.2) is 0 Å². The lowest BCUT2D eigenvalue weighted by Gasteiger charge is -2.35. The van der Waals surface area contributed by atoms with Crippen molar-refractivity contribution in [3.63, 3.8) is 0 Å². The summed E-state index contributed by atoms with van der Waals surface area (Å²) in [6.07, 6.45) is -2.85.